The number of aromatic nitrogens is 3. The van der Waals surface area contributed by atoms with Crippen LogP contribution in [-0.2, 0) is 12.8 Å². The summed E-state index contributed by atoms with van der Waals surface area (Å²) < 4.78 is 20.5. The van der Waals surface area contributed by atoms with Crippen LogP contribution in [-0.4, -0.2) is 28.6 Å². The van der Waals surface area contributed by atoms with Gasteiger partial charge in [-0.25, -0.2) is 14.4 Å². The fourth-order valence-corrected chi connectivity index (χ4v) is 3.87. The summed E-state index contributed by atoms with van der Waals surface area (Å²) in [6.45, 7) is 2.74. The van der Waals surface area contributed by atoms with E-state index in [1.807, 2.05) is 49.5 Å². The van der Waals surface area contributed by atoms with Crippen LogP contribution in [0.15, 0.2) is 48.9 Å². The molecular weight excluding hydrogens is 367 g/mol. The maximum Gasteiger partial charge on any atom is 0.187 e. The normalized spacial score (nSPS) is 16.2. The number of aryl methyl sites for hydroxylation is 3. The lowest BCUT2D eigenvalue weighted by molar-refractivity contribution is 0.414. The van der Waals surface area contributed by atoms with Crippen LogP contribution < -0.4 is 9.64 Å². The third kappa shape index (κ3) is 4.21. The molecule has 0 saturated carbocycles. The molecule has 3 heterocycles. The largest absolute Gasteiger partial charge is 0.497 e. The average molecular weight is 392 g/mol. The van der Waals surface area contributed by atoms with Crippen molar-refractivity contribution in [3.05, 3.63) is 77.3 Å². The highest BCUT2D eigenvalue weighted by Crippen LogP contribution is 2.37. The second kappa shape index (κ2) is 8.55. The highest BCUT2D eigenvalue weighted by Gasteiger charge is 2.30. The van der Waals surface area contributed by atoms with E-state index in [2.05, 4.69) is 19.9 Å². The monoisotopic (exact) mass is 392 g/mol. The molecule has 1 atom stereocenters. The molecule has 2 aromatic heterocycles. The minimum absolute atomic E-state index is 0.111. The Hall–Kier alpha value is -3.02. The molecule has 5 nitrogen and oxygen atoms in total. The molecule has 0 bridgehead atoms. The van der Waals surface area contributed by atoms with Gasteiger partial charge in [0, 0.05) is 18.4 Å². The molecule has 29 heavy (non-hydrogen) atoms. The minimum Gasteiger partial charge on any atom is -0.497 e. The van der Waals surface area contributed by atoms with Crippen molar-refractivity contribution in [1.82, 2.24) is 15.0 Å². The van der Waals surface area contributed by atoms with Gasteiger partial charge >= 0.3 is 0 Å². The number of halogens is 1. The smallest absolute Gasteiger partial charge is 0.187 e. The van der Waals surface area contributed by atoms with Crippen LogP contribution in [0.4, 0.5) is 10.2 Å². The predicted octanol–water partition coefficient (Wildman–Crippen LogP) is 4.45. The fourth-order valence-electron chi connectivity index (χ4n) is 3.87. The lowest BCUT2D eigenvalue weighted by atomic mass is 10.0. The topological polar surface area (TPSA) is 51.1 Å². The SMILES string of the molecule is COc1ccc(C2CCCN2c2ncnc(CCc3ccc(C)nc3)c2F)cc1. The molecule has 1 aromatic carbocycles. The Kier molecular flexibility index (Phi) is 5.69. The van der Waals surface area contributed by atoms with E-state index in [0.29, 0.717) is 24.4 Å². The first-order valence-electron chi connectivity index (χ1n) is 9.97. The van der Waals surface area contributed by atoms with Crippen LogP contribution in [0.25, 0.3) is 0 Å². The van der Waals surface area contributed by atoms with Gasteiger partial charge in [-0.1, -0.05) is 18.2 Å². The molecule has 0 N–H and O–H groups in total. The standard InChI is InChI=1S/C23H25FN4O/c1-16-5-6-17(14-25-16)7-12-20-22(24)23(27-15-26-20)28-13-3-4-21(28)18-8-10-19(29-2)11-9-18/h5-6,8-11,14-15,21H,3-4,7,12-13H2,1-2H3. The molecule has 0 amide bonds. The van der Waals surface area contributed by atoms with E-state index in [1.165, 1.54) is 6.33 Å². The van der Waals surface area contributed by atoms with Gasteiger partial charge in [0.05, 0.1) is 18.8 Å². The molecule has 6 heteroatoms. The first-order valence-corrected chi connectivity index (χ1v) is 9.97. The number of hydrogen-bond donors (Lipinski definition) is 0. The van der Waals surface area contributed by atoms with Gasteiger partial charge in [-0.2, -0.15) is 0 Å². The molecule has 3 aromatic rings. The zero-order valence-electron chi connectivity index (χ0n) is 16.8. The summed E-state index contributed by atoms with van der Waals surface area (Å²) in [5.74, 6) is 0.905. The predicted molar refractivity (Wildman–Crippen MR) is 111 cm³/mol. The number of rotatable bonds is 6. The van der Waals surface area contributed by atoms with E-state index < -0.39 is 0 Å². The van der Waals surface area contributed by atoms with E-state index in [9.17, 15) is 0 Å². The van der Waals surface area contributed by atoms with Gasteiger partial charge in [0.1, 0.15) is 12.1 Å². The van der Waals surface area contributed by atoms with Gasteiger partial charge in [-0.15, -0.1) is 0 Å². The van der Waals surface area contributed by atoms with Crippen molar-refractivity contribution >= 4 is 5.82 Å². The number of pyridine rings is 1. The van der Waals surface area contributed by atoms with Crippen molar-refractivity contribution in [1.29, 1.82) is 0 Å². The van der Waals surface area contributed by atoms with E-state index in [-0.39, 0.29) is 11.9 Å². The summed E-state index contributed by atoms with van der Waals surface area (Å²) in [6.07, 6.45) is 6.51. The quantitative estimate of drug-likeness (QED) is 0.620. The number of nitrogens with zero attached hydrogens (tertiary/aromatic N) is 4. The molecule has 1 saturated heterocycles. The molecule has 150 valence electrons. The molecule has 1 aliphatic heterocycles. The van der Waals surface area contributed by atoms with Gasteiger partial charge < -0.3 is 9.64 Å². The van der Waals surface area contributed by atoms with E-state index in [4.69, 9.17) is 4.74 Å². The van der Waals surface area contributed by atoms with Crippen LogP contribution >= 0.6 is 0 Å². The van der Waals surface area contributed by atoms with Gasteiger partial charge in [-0.05, 0) is 61.9 Å². The molecule has 1 unspecified atom stereocenters. The molecular formula is C23H25FN4O. The first kappa shape index (κ1) is 19.3. The zero-order valence-corrected chi connectivity index (χ0v) is 16.8. The van der Waals surface area contributed by atoms with Crippen LogP contribution in [0.5, 0.6) is 5.75 Å². The summed E-state index contributed by atoms with van der Waals surface area (Å²) in [5.41, 5.74) is 3.65. The van der Waals surface area contributed by atoms with Gasteiger partial charge in [0.25, 0.3) is 0 Å². The summed E-state index contributed by atoms with van der Waals surface area (Å²) >= 11 is 0. The van der Waals surface area contributed by atoms with Crippen molar-refractivity contribution < 1.29 is 9.13 Å². The number of benzene rings is 1. The van der Waals surface area contributed by atoms with Crippen LogP contribution in [0.3, 0.4) is 0 Å². The van der Waals surface area contributed by atoms with Crippen molar-refractivity contribution in [3.8, 4) is 5.75 Å². The Morgan fingerprint density at radius 1 is 1.07 bits per heavy atom. The lowest BCUT2D eigenvalue weighted by Gasteiger charge is -2.27. The Labute approximate surface area is 170 Å². The number of hydrogen-bond acceptors (Lipinski definition) is 5. The summed E-state index contributed by atoms with van der Waals surface area (Å²) in [5, 5.41) is 0. The minimum atomic E-state index is -0.312. The third-order valence-corrected chi connectivity index (χ3v) is 5.49. The van der Waals surface area contributed by atoms with Gasteiger partial charge in [0.15, 0.2) is 11.6 Å². The van der Waals surface area contributed by atoms with E-state index in [1.54, 1.807) is 7.11 Å². The molecule has 1 aliphatic rings. The molecule has 0 aliphatic carbocycles. The second-order valence-electron chi connectivity index (χ2n) is 7.39. The average Bonchev–Trinajstić information content (AvgIpc) is 3.24. The van der Waals surface area contributed by atoms with Crippen molar-refractivity contribution in [2.45, 2.75) is 38.6 Å². The molecule has 4 rings (SSSR count). The zero-order chi connectivity index (χ0) is 20.2. The maximum absolute atomic E-state index is 15.3. The van der Waals surface area contributed by atoms with Crippen molar-refractivity contribution in [3.63, 3.8) is 0 Å². The number of anilines is 1. The second-order valence-corrected chi connectivity index (χ2v) is 7.39. The van der Waals surface area contributed by atoms with Gasteiger partial charge in [0.2, 0.25) is 0 Å². The van der Waals surface area contributed by atoms with E-state index >= 15 is 4.39 Å². The molecule has 0 spiro atoms. The Balaban J connectivity index is 1.54. The summed E-state index contributed by atoms with van der Waals surface area (Å²) in [6, 6.07) is 12.1. The number of methoxy groups -OCH3 is 1. The summed E-state index contributed by atoms with van der Waals surface area (Å²) in [7, 11) is 1.65. The van der Waals surface area contributed by atoms with Gasteiger partial charge in [-0.3, -0.25) is 4.98 Å². The van der Waals surface area contributed by atoms with E-state index in [0.717, 1.165) is 42.0 Å². The highest BCUT2D eigenvalue weighted by atomic mass is 19.1. The maximum atomic E-state index is 15.3. The lowest BCUT2D eigenvalue weighted by Crippen LogP contribution is -2.25. The summed E-state index contributed by atoms with van der Waals surface area (Å²) in [4.78, 5) is 14.9. The highest BCUT2D eigenvalue weighted by molar-refractivity contribution is 5.46. The number of ether oxygens (including phenoxy) is 1. The molecule has 1 fully saturated rings. The Morgan fingerprint density at radius 2 is 1.90 bits per heavy atom. The van der Waals surface area contributed by atoms with Crippen molar-refractivity contribution in [2.75, 3.05) is 18.6 Å². The van der Waals surface area contributed by atoms with Crippen LogP contribution in [0.2, 0.25) is 0 Å². The Morgan fingerprint density at radius 3 is 2.62 bits per heavy atom. The Bertz CT molecular complexity index is 960. The fraction of sp³-hybridized carbons (Fsp3) is 0.348. The first-order chi connectivity index (χ1) is 14.2. The van der Waals surface area contributed by atoms with Crippen LogP contribution in [0, 0.1) is 12.7 Å². The van der Waals surface area contributed by atoms with Crippen molar-refractivity contribution in [2.24, 2.45) is 0 Å². The van der Waals surface area contributed by atoms with Crippen LogP contribution in [0.1, 0.15) is 41.4 Å². The molecule has 0 radical (unpaired) electrons. The third-order valence-electron chi connectivity index (χ3n) is 5.49.